The predicted octanol–water partition coefficient (Wildman–Crippen LogP) is 3.14. The second-order valence-electron chi connectivity index (χ2n) is 4.02. The number of azide groups is 1. The molecule has 0 heterocycles. The first-order valence-corrected chi connectivity index (χ1v) is 5.40. The second kappa shape index (κ2) is 5.93. The van der Waals surface area contributed by atoms with Crippen molar-refractivity contribution in [3.05, 3.63) is 39.3 Å². The minimum Gasteiger partial charge on any atom is -0.496 e. The third-order valence-electron chi connectivity index (χ3n) is 2.57. The Morgan fingerprint density at radius 2 is 2.22 bits per heavy atom. The molecule has 0 aliphatic carbocycles. The van der Waals surface area contributed by atoms with Crippen LogP contribution in [0.1, 0.15) is 29.2 Å². The van der Waals surface area contributed by atoms with Crippen LogP contribution in [0.5, 0.6) is 5.75 Å². The Bertz CT molecular complexity index is 508. The topological polar surface area (TPSA) is 95.3 Å². The van der Waals surface area contributed by atoms with Gasteiger partial charge in [-0.3, -0.25) is 4.79 Å². The fourth-order valence-electron chi connectivity index (χ4n) is 1.95. The summed E-state index contributed by atoms with van der Waals surface area (Å²) in [5.74, 6) is -0.451. The monoisotopic (exact) mass is 249 g/mol. The number of hydrogen-bond donors (Lipinski definition) is 1. The molecule has 1 rings (SSSR count). The van der Waals surface area contributed by atoms with Crippen LogP contribution in [0.3, 0.4) is 0 Å². The molecule has 18 heavy (non-hydrogen) atoms. The lowest BCUT2D eigenvalue weighted by molar-refractivity contribution is -0.137. The van der Waals surface area contributed by atoms with Crippen molar-refractivity contribution in [2.45, 2.75) is 26.3 Å². The summed E-state index contributed by atoms with van der Waals surface area (Å²) in [6.07, 6.45) is -0.261. The van der Waals surface area contributed by atoms with Gasteiger partial charge in [0.2, 0.25) is 0 Å². The van der Waals surface area contributed by atoms with Gasteiger partial charge in [0.25, 0.3) is 0 Å². The van der Waals surface area contributed by atoms with Crippen LogP contribution in [-0.2, 0) is 4.79 Å². The molecule has 0 spiro atoms. The van der Waals surface area contributed by atoms with Gasteiger partial charge in [-0.1, -0.05) is 22.8 Å². The Morgan fingerprint density at radius 3 is 2.72 bits per heavy atom. The van der Waals surface area contributed by atoms with Gasteiger partial charge in [-0.2, -0.15) is 0 Å². The molecular weight excluding hydrogens is 234 g/mol. The highest BCUT2D eigenvalue weighted by molar-refractivity contribution is 5.68. The van der Waals surface area contributed by atoms with E-state index < -0.39 is 12.0 Å². The van der Waals surface area contributed by atoms with Gasteiger partial charge in [0.1, 0.15) is 5.75 Å². The van der Waals surface area contributed by atoms with Crippen LogP contribution in [0.25, 0.3) is 10.4 Å². The van der Waals surface area contributed by atoms with E-state index in [0.717, 1.165) is 11.1 Å². The van der Waals surface area contributed by atoms with E-state index in [1.807, 2.05) is 19.9 Å². The van der Waals surface area contributed by atoms with Crippen LogP contribution < -0.4 is 4.74 Å². The van der Waals surface area contributed by atoms with Crippen LogP contribution in [0.15, 0.2) is 17.2 Å². The quantitative estimate of drug-likeness (QED) is 0.493. The average molecular weight is 249 g/mol. The van der Waals surface area contributed by atoms with E-state index >= 15 is 0 Å². The number of nitrogens with zero attached hydrogens (tertiary/aromatic N) is 3. The molecule has 6 heteroatoms. The Kier molecular flexibility index (Phi) is 4.57. The zero-order valence-electron chi connectivity index (χ0n) is 10.5. The number of hydrogen-bond acceptors (Lipinski definition) is 3. The molecule has 0 aliphatic rings. The van der Waals surface area contributed by atoms with Crippen molar-refractivity contribution in [2.75, 3.05) is 7.11 Å². The smallest absolute Gasteiger partial charge is 0.304 e. The van der Waals surface area contributed by atoms with Crippen molar-refractivity contribution < 1.29 is 14.6 Å². The molecule has 1 atom stereocenters. The number of carboxylic acids is 1. The summed E-state index contributed by atoms with van der Waals surface area (Å²) in [5, 5.41) is 12.4. The summed E-state index contributed by atoms with van der Waals surface area (Å²) >= 11 is 0. The van der Waals surface area contributed by atoms with Crippen LogP contribution >= 0.6 is 0 Å². The van der Waals surface area contributed by atoms with Crippen molar-refractivity contribution in [1.82, 2.24) is 0 Å². The number of rotatable bonds is 5. The van der Waals surface area contributed by atoms with Gasteiger partial charge < -0.3 is 9.84 Å². The van der Waals surface area contributed by atoms with Crippen molar-refractivity contribution in [3.8, 4) is 5.75 Å². The van der Waals surface area contributed by atoms with Gasteiger partial charge in [0, 0.05) is 10.5 Å². The second-order valence-corrected chi connectivity index (χ2v) is 4.02. The third-order valence-corrected chi connectivity index (χ3v) is 2.57. The lowest BCUT2D eigenvalue weighted by atomic mass is 9.98. The van der Waals surface area contributed by atoms with E-state index in [4.69, 9.17) is 15.4 Å². The van der Waals surface area contributed by atoms with Crippen molar-refractivity contribution in [3.63, 3.8) is 0 Å². The minimum atomic E-state index is -1.02. The Hall–Kier alpha value is -2.20. The number of benzene rings is 1. The van der Waals surface area contributed by atoms with Crippen molar-refractivity contribution >= 4 is 5.97 Å². The maximum Gasteiger partial charge on any atom is 0.304 e. The average Bonchev–Trinajstić information content (AvgIpc) is 2.27. The molecule has 0 radical (unpaired) electrons. The highest BCUT2D eigenvalue weighted by Gasteiger charge is 2.19. The lowest BCUT2D eigenvalue weighted by Crippen LogP contribution is -2.06. The van der Waals surface area contributed by atoms with Gasteiger partial charge >= 0.3 is 5.97 Å². The molecule has 0 saturated carbocycles. The van der Waals surface area contributed by atoms with E-state index in [1.165, 1.54) is 7.11 Å². The molecule has 96 valence electrons. The number of ether oxygens (including phenoxy) is 1. The lowest BCUT2D eigenvalue weighted by Gasteiger charge is -2.16. The summed E-state index contributed by atoms with van der Waals surface area (Å²) in [5.41, 5.74) is 11.0. The number of methoxy groups -OCH3 is 1. The molecule has 1 N–H and O–H groups in total. The van der Waals surface area contributed by atoms with E-state index in [-0.39, 0.29) is 6.42 Å². The van der Waals surface area contributed by atoms with Crippen LogP contribution in [0.4, 0.5) is 0 Å². The van der Waals surface area contributed by atoms with Crippen molar-refractivity contribution in [2.24, 2.45) is 5.11 Å². The summed E-state index contributed by atoms with van der Waals surface area (Å²) in [4.78, 5) is 13.5. The zero-order chi connectivity index (χ0) is 13.7. The third kappa shape index (κ3) is 3.15. The van der Waals surface area contributed by atoms with E-state index in [9.17, 15) is 4.79 Å². The molecular formula is C12H15N3O3. The normalized spacial score (nSPS) is 11.5. The first kappa shape index (κ1) is 13.9. The first-order valence-electron chi connectivity index (χ1n) is 5.40. The molecule has 0 aromatic heterocycles. The highest BCUT2D eigenvalue weighted by atomic mass is 16.5. The van der Waals surface area contributed by atoms with E-state index in [1.54, 1.807) is 6.07 Å². The molecule has 1 unspecified atom stereocenters. The number of aliphatic carboxylic acids is 1. The van der Waals surface area contributed by atoms with Crippen LogP contribution in [0, 0.1) is 13.8 Å². The minimum absolute atomic E-state index is 0.261. The summed E-state index contributed by atoms with van der Waals surface area (Å²) in [6, 6.07) is 2.95. The molecule has 6 nitrogen and oxygen atoms in total. The molecule has 0 aliphatic heterocycles. The maximum atomic E-state index is 10.8. The standard InChI is InChI=1S/C12H15N3O3/c1-7-4-8(2)12(18-3)9(5-7)10(14-15-13)6-11(16)17/h4-5,10H,6H2,1-3H3,(H,16,17). The number of carboxylic acid groups (broad SMARTS) is 1. The van der Waals surface area contributed by atoms with E-state index in [2.05, 4.69) is 10.0 Å². The molecule has 1 aromatic carbocycles. The fourth-order valence-corrected chi connectivity index (χ4v) is 1.95. The fraction of sp³-hybridized carbons (Fsp3) is 0.417. The van der Waals surface area contributed by atoms with Crippen molar-refractivity contribution in [1.29, 1.82) is 0 Å². The van der Waals surface area contributed by atoms with E-state index in [0.29, 0.717) is 11.3 Å². The first-order chi connectivity index (χ1) is 8.49. The summed E-state index contributed by atoms with van der Waals surface area (Å²) in [6.45, 7) is 3.76. The summed E-state index contributed by atoms with van der Waals surface area (Å²) in [7, 11) is 1.51. The zero-order valence-corrected chi connectivity index (χ0v) is 10.5. The van der Waals surface area contributed by atoms with Crippen LogP contribution in [0.2, 0.25) is 0 Å². The van der Waals surface area contributed by atoms with Gasteiger partial charge in [0.15, 0.2) is 0 Å². The van der Waals surface area contributed by atoms with Gasteiger partial charge in [-0.05, 0) is 24.9 Å². The largest absolute Gasteiger partial charge is 0.496 e. The number of carbonyl (C=O) groups is 1. The Morgan fingerprint density at radius 1 is 1.56 bits per heavy atom. The van der Waals surface area contributed by atoms with Crippen LogP contribution in [-0.4, -0.2) is 18.2 Å². The molecule has 0 amide bonds. The SMILES string of the molecule is COc1c(C)cc(C)cc1C(CC(=O)O)N=[N+]=[N-]. The molecule has 0 bridgehead atoms. The Balaban J connectivity index is 3.33. The Labute approximate surface area is 105 Å². The van der Waals surface area contributed by atoms with Gasteiger partial charge in [-0.15, -0.1) is 0 Å². The predicted molar refractivity (Wildman–Crippen MR) is 66.6 cm³/mol. The maximum absolute atomic E-state index is 10.8. The summed E-state index contributed by atoms with van der Waals surface area (Å²) < 4.78 is 5.26. The molecule has 1 aromatic rings. The highest BCUT2D eigenvalue weighted by Crippen LogP contribution is 2.34. The number of aryl methyl sites for hydroxylation is 2. The van der Waals surface area contributed by atoms with Gasteiger partial charge in [-0.25, -0.2) is 0 Å². The molecule has 0 saturated heterocycles. The molecule has 0 fully saturated rings. The van der Waals surface area contributed by atoms with Gasteiger partial charge in [0.05, 0.1) is 19.6 Å².